The van der Waals surface area contributed by atoms with Gasteiger partial charge < -0.3 is 10.3 Å². The molecule has 0 saturated carbocycles. The minimum Gasteiger partial charge on any atom is -0.760 e. The van der Waals surface area contributed by atoms with Crippen LogP contribution in [0.2, 0.25) is 0 Å². The lowest BCUT2D eigenvalue weighted by atomic mass is 10.0. The van der Waals surface area contributed by atoms with Gasteiger partial charge in [0.2, 0.25) is 0 Å². The summed E-state index contributed by atoms with van der Waals surface area (Å²) in [4.78, 5) is 0. The summed E-state index contributed by atoms with van der Waals surface area (Å²) in [7, 11) is 0. The Balaban J connectivity index is 0. The largest absolute Gasteiger partial charge is 0.760 e. The van der Waals surface area contributed by atoms with Gasteiger partial charge in [-0.25, -0.2) is 0 Å². The fourth-order valence-corrected chi connectivity index (χ4v) is 2.69. The summed E-state index contributed by atoms with van der Waals surface area (Å²) < 4.78 is 17.6. The third-order valence-corrected chi connectivity index (χ3v) is 4.06. The number of hydrogen-bond donors (Lipinski definition) is 2. The summed E-state index contributed by atoms with van der Waals surface area (Å²) >= 11 is -2.36. The Hall–Kier alpha value is 0.0300. The van der Waals surface area contributed by atoms with Crippen molar-refractivity contribution < 1.29 is 8.76 Å². The van der Waals surface area contributed by atoms with Crippen LogP contribution in [0.5, 0.6) is 0 Å². The van der Waals surface area contributed by atoms with E-state index in [2.05, 4.69) is 12.1 Å². The minimum absolute atomic E-state index is 0.873. The van der Waals surface area contributed by atoms with Crippen LogP contribution in [0.1, 0.15) is 110 Å². The summed E-state index contributed by atoms with van der Waals surface area (Å²) in [6, 6.07) is 0. The normalized spacial score (nSPS) is 11.8. The van der Waals surface area contributed by atoms with E-state index < -0.39 is 11.3 Å². The second-order valence-corrected chi connectivity index (χ2v) is 6.87. The van der Waals surface area contributed by atoms with Gasteiger partial charge in [-0.2, -0.15) is 0 Å². The molecule has 0 aliphatic carbocycles. The number of nitrogens with two attached hydrogens (primary N) is 2. The van der Waals surface area contributed by atoms with Gasteiger partial charge in [0, 0.05) is 11.3 Å². The zero-order chi connectivity index (χ0) is 17.6. The zero-order valence-corrected chi connectivity index (χ0v) is 16.2. The first kappa shape index (κ1) is 25.3. The van der Waals surface area contributed by atoms with Crippen molar-refractivity contribution in [1.82, 2.24) is 0 Å². The molecule has 0 fully saturated rings. The van der Waals surface area contributed by atoms with E-state index in [-0.39, 0.29) is 0 Å². The van der Waals surface area contributed by atoms with Gasteiger partial charge in [0.1, 0.15) is 0 Å². The maximum absolute atomic E-state index is 8.78. The summed E-state index contributed by atoms with van der Waals surface area (Å²) in [6.45, 7) is 3.16. The molecule has 1 unspecified atom stereocenters. The zero-order valence-electron chi connectivity index (χ0n) is 15.4. The molecule has 0 aromatic carbocycles. The van der Waals surface area contributed by atoms with E-state index in [4.69, 9.17) is 14.5 Å². The summed E-state index contributed by atoms with van der Waals surface area (Å²) in [5.41, 5.74) is 5.48. The Labute approximate surface area is 147 Å². The topological polar surface area (TPSA) is 92.2 Å². The van der Waals surface area contributed by atoms with Gasteiger partial charge in [-0.1, -0.05) is 103 Å². The molecular weight excluding hydrogens is 308 g/mol. The van der Waals surface area contributed by atoms with Gasteiger partial charge in [-0.15, -0.1) is 0 Å². The van der Waals surface area contributed by atoms with E-state index in [9.17, 15) is 0 Å². The Morgan fingerprint density at radius 3 is 1.09 bits per heavy atom. The Morgan fingerprint density at radius 2 is 0.870 bits per heavy atom. The van der Waals surface area contributed by atoms with E-state index in [0.717, 1.165) is 6.54 Å². The summed E-state index contributed by atoms with van der Waals surface area (Å²) in [6.07, 6.45) is 22.9. The average Bonchev–Trinajstić information content (AvgIpc) is 2.50. The van der Waals surface area contributed by atoms with Crippen LogP contribution >= 0.6 is 0 Å². The van der Waals surface area contributed by atoms with Crippen LogP contribution in [0.15, 0.2) is 0 Å². The predicted octanol–water partition coefficient (Wildman–Crippen LogP) is 4.95. The molecule has 5 heteroatoms. The van der Waals surface area contributed by atoms with Crippen molar-refractivity contribution in [1.29, 1.82) is 0 Å². The third-order valence-electron chi connectivity index (χ3n) is 4.06. The van der Waals surface area contributed by atoms with Crippen molar-refractivity contribution in [2.75, 3.05) is 6.54 Å². The third kappa shape index (κ3) is 34.4. The molecule has 1 atom stereocenters. The highest BCUT2D eigenvalue weighted by Crippen LogP contribution is 2.13. The van der Waals surface area contributed by atoms with Crippen LogP contribution in [0.25, 0.3) is 0 Å². The maximum atomic E-state index is 8.78. The van der Waals surface area contributed by atoms with Gasteiger partial charge in [0.25, 0.3) is 0 Å². The van der Waals surface area contributed by atoms with Gasteiger partial charge in [0.05, 0.1) is 0 Å². The summed E-state index contributed by atoms with van der Waals surface area (Å²) in [5.74, 6) is 0. The molecule has 0 aromatic rings. The SMILES string of the molecule is CCCCCCCCCCCCCCCCCCN.NS(=O)[O-]. The van der Waals surface area contributed by atoms with Crippen LogP contribution in [0, 0.1) is 0 Å². The highest BCUT2D eigenvalue weighted by Gasteiger charge is 1.94. The van der Waals surface area contributed by atoms with Crippen molar-refractivity contribution in [3.05, 3.63) is 0 Å². The average molecular weight is 350 g/mol. The van der Waals surface area contributed by atoms with Crippen molar-refractivity contribution in [3.63, 3.8) is 0 Å². The molecule has 0 rings (SSSR count). The molecule has 0 amide bonds. The molecule has 0 heterocycles. The van der Waals surface area contributed by atoms with Gasteiger partial charge in [-0.3, -0.25) is 9.35 Å². The van der Waals surface area contributed by atoms with Crippen LogP contribution in [0.4, 0.5) is 0 Å². The van der Waals surface area contributed by atoms with Crippen LogP contribution in [-0.4, -0.2) is 15.3 Å². The van der Waals surface area contributed by atoms with Crippen LogP contribution in [-0.2, 0) is 11.3 Å². The van der Waals surface area contributed by atoms with E-state index in [1.54, 1.807) is 0 Å². The predicted molar refractivity (Wildman–Crippen MR) is 102 cm³/mol. The summed E-state index contributed by atoms with van der Waals surface area (Å²) in [5, 5.41) is 4.03. The van der Waals surface area contributed by atoms with Crippen molar-refractivity contribution in [2.24, 2.45) is 10.9 Å². The Kier molecular flexibility index (Phi) is 26.7. The quantitative estimate of drug-likeness (QED) is 0.305. The van der Waals surface area contributed by atoms with E-state index in [1.807, 2.05) is 0 Å². The first-order chi connectivity index (χ1) is 11.1. The van der Waals surface area contributed by atoms with E-state index >= 15 is 0 Å². The molecule has 0 spiro atoms. The highest BCUT2D eigenvalue weighted by atomic mass is 32.2. The molecule has 23 heavy (non-hydrogen) atoms. The van der Waals surface area contributed by atoms with Gasteiger partial charge >= 0.3 is 0 Å². The van der Waals surface area contributed by atoms with Crippen molar-refractivity contribution in [2.45, 2.75) is 110 Å². The number of rotatable bonds is 16. The molecule has 0 saturated heterocycles. The lowest BCUT2D eigenvalue weighted by Crippen LogP contribution is -1.97. The maximum Gasteiger partial charge on any atom is 0.0152 e. The fraction of sp³-hybridized carbons (Fsp3) is 1.00. The number of hydrogen-bond acceptors (Lipinski definition) is 3. The monoisotopic (exact) mass is 349 g/mol. The molecule has 142 valence electrons. The number of unbranched alkanes of at least 4 members (excludes halogenated alkanes) is 15. The molecule has 0 aliphatic rings. The lowest BCUT2D eigenvalue weighted by Gasteiger charge is -2.03. The van der Waals surface area contributed by atoms with Crippen molar-refractivity contribution in [3.8, 4) is 0 Å². The Morgan fingerprint density at radius 1 is 0.652 bits per heavy atom. The first-order valence-electron chi connectivity index (χ1n) is 9.68. The van der Waals surface area contributed by atoms with Crippen molar-refractivity contribution >= 4 is 11.3 Å². The van der Waals surface area contributed by atoms with Crippen LogP contribution in [0.3, 0.4) is 0 Å². The molecular formula is C18H41N2O2S-. The first-order valence-corrected chi connectivity index (χ1v) is 10.8. The second kappa shape index (κ2) is 24.3. The van der Waals surface area contributed by atoms with E-state index in [0.29, 0.717) is 0 Å². The van der Waals surface area contributed by atoms with Gasteiger partial charge in [0.15, 0.2) is 0 Å². The molecule has 0 aromatic heterocycles. The van der Waals surface area contributed by atoms with Gasteiger partial charge in [-0.05, 0) is 13.0 Å². The second-order valence-electron chi connectivity index (χ2n) is 6.35. The molecule has 0 radical (unpaired) electrons. The molecule has 4 N–H and O–H groups in total. The standard InChI is InChI=1S/C18H39N.H3NO2S/c1-2-3-4-5-6-7-8-9-10-11-12-13-14-15-16-17-18-19;1-4(2)3/h2-19H2,1H3;1H2,(H,2,3)/p-1. The minimum atomic E-state index is -2.36. The van der Waals surface area contributed by atoms with E-state index in [1.165, 1.54) is 103 Å². The fourth-order valence-electron chi connectivity index (χ4n) is 2.69. The lowest BCUT2D eigenvalue weighted by molar-refractivity contribution is 0.530. The Bertz CT molecular complexity index is 209. The molecule has 0 bridgehead atoms. The molecule has 4 nitrogen and oxygen atoms in total. The van der Waals surface area contributed by atoms with Crippen LogP contribution < -0.4 is 10.9 Å². The molecule has 0 aliphatic heterocycles. The smallest absolute Gasteiger partial charge is 0.0152 e. The highest BCUT2D eigenvalue weighted by molar-refractivity contribution is 7.76.